The van der Waals surface area contributed by atoms with Crippen molar-refractivity contribution in [3.05, 3.63) is 53.3 Å². The third-order valence-electron chi connectivity index (χ3n) is 3.10. The van der Waals surface area contributed by atoms with Crippen molar-refractivity contribution in [1.82, 2.24) is 15.1 Å². The van der Waals surface area contributed by atoms with Crippen molar-refractivity contribution < 1.29 is 4.79 Å². The van der Waals surface area contributed by atoms with Crippen LogP contribution in [0, 0.1) is 0 Å². The lowest BCUT2D eigenvalue weighted by Gasteiger charge is -2.21. The van der Waals surface area contributed by atoms with Crippen molar-refractivity contribution in [3.8, 4) is 0 Å². The molecule has 0 aliphatic rings. The van der Waals surface area contributed by atoms with Crippen LogP contribution in [0.4, 0.5) is 0 Å². The average molecular weight is 258 g/mol. The minimum Gasteiger partial charge on any atom is -0.333 e. The summed E-state index contributed by atoms with van der Waals surface area (Å²) in [5.41, 5.74) is 8.38. The van der Waals surface area contributed by atoms with Gasteiger partial charge >= 0.3 is 0 Å². The second kappa shape index (κ2) is 6.15. The third-order valence-corrected chi connectivity index (χ3v) is 3.10. The van der Waals surface area contributed by atoms with Crippen molar-refractivity contribution in [2.24, 2.45) is 5.73 Å². The highest BCUT2D eigenvalue weighted by Crippen LogP contribution is 2.13. The molecule has 0 aliphatic carbocycles. The number of aromatic amines is 1. The molecule has 1 amide bonds. The Morgan fingerprint density at radius 2 is 2.05 bits per heavy atom. The molecule has 3 N–H and O–H groups in total. The van der Waals surface area contributed by atoms with Gasteiger partial charge in [-0.2, -0.15) is 5.10 Å². The van der Waals surface area contributed by atoms with E-state index in [0.717, 1.165) is 11.1 Å². The molecule has 0 unspecified atom stereocenters. The molecule has 0 spiro atoms. The fourth-order valence-electron chi connectivity index (χ4n) is 1.99. The number of hydrogen-bond acceptors (Lipinski definition) is 3. The Kier molecular flexibility index (Phi) is 4.30. The number of carbonyl (C=O) groups excluding carboxylic acids is 1. The largest absolute Gasteiger partial charge is 0.333 e. The van der Waals surface area contributed by atoms with E-state index in [4.69, 9.17) is 5.73 Å². The van der Waals surface area contributed by atoms with Gasteiger partial charge in [0.1, 0.15) is 5.69 Å². The zero-order valence-corrected chi connectivity index (χ0v) is 11.0. The first-order valence-electron chi connectivity index (χ1n) is 6.31. The van der Waals surface area contributed by atoms with Gasteiger partial charge in [0.25, 0.3) is 5.91 Å². The van der Waals surface area contributed by atoms with Gasteiger partial charge in [-0.05, 0) is 24.1 Å². The molecule has 0 bridgehead atoms. The maximum Gasteiger partial charge on any atom is 0.272 e. The Morgan fingerprint density at radius 1 is 1.32 bits per heavy atom. The Labute approximate surface area is 112 Å². The number of nitrogens with zero attached hydrogens (tertiary/aromatic N) is 2. The molecule has 19 heavy (non-hydrogen) atoms. The van der Waals surface area contributed by atoms with E-state index in [2.05, 4.69) is 10.2 Å². The molecule has 5 heteroatoms. The summed E-state index contributed by atoms with van der Waals surface area (Å²) in [4.78, 5) is 14.0. The van der Waals surface area contributed by atoms with Crippen LogP contribution in [0.15, 0.2) is 36.5 Å². The van der Waals surface area contributed by atoms with Crippen LogP contribution in [-0.2, 0) is 13.1 Å². The van der Waals surface area contributed by atoms with E-state index in [1.54, 1.807) is 17.2 Å². The Balaban J connectivity index is 2.17. The normalized spacial score (nSPS) is 10.4. The molecular formula is C14H18N4O. The lowest BCUT2D eigenvalue weighted by molar-refractivity contribution is 0.0746. The van der Waals surface area contributed by atoms with Crippen molar-refractivity contribution in [3.63, 3.8) is 0 Å². The number of H-pyrrole nitrogens is 1. The summed E-state index contributed by atoms with van der Waals surface area (Å²) in [5, 5.41) is 6.51. The van der Waals surface area contributed by atoms with E-state index >= 15 is 0 Å². The quantitative estimate of drug-likeness (QED) is 0.854. The highest BCUT2D eigenvalue weighted by molar-refractivity contribution is 5.92. The lowest BCUT2D eigenvalue weighted by atomic mass is 10.1. The standard InChI is InChI=1S/C14H18N4O/c1-2-18(14(19)13-7-8-16-17-13)10-12-6-4-3-5-11(12)9-15/h3-8H,2,9-10,15H2,1H3,(H,16,17). The van der Waals surface area contributed by atoms with Crippen LogP contribution >= 0.6 is 0 Å². The van der Waals surface area contributed by atoms with E-state index in [9.17, 15) is 4.79 Å². The summed E-state index contributed by atoms with van der Waals surface area (Å²) in [6, 6.07) is 9.59. The number of carbonyl (C=O) groups is 1. The predicted molar refractivity (Wildman–Crippen MR) is 73.3 cm³/mol. The van der Waals surface area contributed by atoms with E-state index in [1.807, 2.05) is 31.2 Å². The van der Waals surface area contributed by atoms with Crippen molar-refractivity contribution >= 4 is 5.91 Å². The van der Waals surface area contributed by atoms with Crippen LogP contribution in [0.5, 0.6) is 0 Å². The number of nitrogens with one attached hydrogen (secondary N) is 1. The Bertz CT molecular complexity index is 536. The van der Waals surface area contributed by atoms with Gasteiger partial charge in [-0.15, -0.1) is 0 Å². The summed E-state index contributed by atoms with van der Waals surface area (Å²) in [5.74, 6) is -0.0492. The number of aromatic nitrogens is 2. The highest BCUT2D eigenvalue weighted by Gasteiger charge is 2.16. The van der Waals surface area contributed by atoms with E-state index in [-0.39, 0.29) is 5.91 Å². The molecule has 0 atom stereocenters. The topological polar surface area (TPSA) is 75.0 Å². The van der Waals surface area contributed by atoms with Crippen molar-refractivity contribution in [2.45, 2.75) is 20.0 Å². The predicted octanol–water partition coefficient (Wildman–Crippen LogP) is 1.53. The monoisotopic (exact) mass is 258 g/mol. The maximum atomic E-state index is 12.3. The summed E-state index contributed by atoms with van der Waals surface area (Å²) in [6.45, 7) is 3.63. The van der Waals surface area contributed by atoms with Crippen LogP contribution < -0.4 is 5.73 Å². The zero-order valence-electron chi connectivity index (χ0n) is 11.0. The van der Waals surface area contributed by atoms with E-state index in [1.165, 1.54) is 0 Å². The number of amides is 1. The van der Waals surface area contributed by atoms with Gasteiger partial charge in [-0.3, -0.25) is 9.89 Å². The van der Waals surface area contributed by atoms with Gasteiger partial charge in [0, 0.05) is 25.8 Å². The highest BCUT2D eigenvalue weighted by atomic mass is 16.2. The number of rotatable bonds is 5. The second-order valence-electron chi connectivity index (χ2n) is 4.26. The van der Waals surface area contributed by atoms with Crippen LogP contribution in [0.25, 0.3) is 0 Å². The number of hydrogen-bond donors (Lipinski definition) is 2. The van der Waals surface area contributed by atoms with Gasteiger partial charge in [-0.1, -0.05) is 24.3 Å². The molecule has 0 fully saturated rings. The molecule has 100 valence electrons. The molecule has 1 aromatic carbocycles. The lowest BCUT2D eigenvalue weighted by Crippen LogP contribution is -2.31. The second-order valence-corrected chi connectivity index (χ2v) is 4.26. The molecule has 0 saturated carbocycles. The minimum absolute atomic E-state index is 0.0492. The SMILES string of the molecule is CCN(Cc1ccccc1CN)C(=O)c1ccn[nH]1. The van der Waals surface area contributed by atoms with E-state index < -0.39 is 0 Å². The van der Waals surface area contributed by atoms with Gasteiger partial charge < -0.3 is 10.6 Å². The molecule has 1 heterocycles. The molecule has 2 aromatic rings. The van der Waals surface area contributed by atoms with Gasteiger partial charge in [0.2, 0.25) is 0 Å². The number of nitrogens with two attached hydrogens (primary N) is 1. The van der Waals surface area contributed by atoms with Crippen molar-refractivity contribution in [2.75, 3.05) is 6.54 Å². The Hall–Kier alpha value is -2.14. The first kappa shape index (κ1) is 13.3. The van der Waals surface area contributed by atoms with E-state index in [0.29, 0.717) is 25.3 Å². The first-order valence-corrected chi connectivity index (χ1v) is 6.31. The van der Waals surface area contributed by atoms with Crippen LogP contribution in [-0.4, -0.2) is 27.5 Å². The summed E-state index contributed by atoms with van der Waals surface area (Å²) in [7, 11) is 0. The molecule has 0 saturated heterocycles. The molecular weight excluding hydrogens is 240 g/mol. The fraction of sp³-hybridized carbons (Fsp3) is 0.286. The van der Waals surface area contributed by atoms with Gasteiger partial charge in [-0.25, -0.2) is 0 Å². The summed E-state index contributed by atoms with van der Waals surface area (Å²) < 4.78 is 0. The Morgan fingerprint density at radius 3 is 2.63 bits per heavy atom. The molecule has 2 rings (SSSR count). The average Bonchev–Trinajstić information content (AvgIpc) is 2.98. The summed E-state index contributed by atoms with van der Waals surface area (Å²) >= 11 is 0. The van der Waals surface area contributed by atoms with Crippen molar-refractivity contribution in [1.29, 1.82) is 0 Å². The maximum absolute atomic E-state index is 12.3. The third kappa shape index (κ3) is 3.00. The summed E-state index contributed by atoms with van der Waals surface area (Å²) in [6.07, 6.45) is 1.58. The smallest absolute Gasteiger partial charge is 0.272 e. The van der Waals surface area contributed by atoms with Crippen LogP contribution in [0.1, 0.15) is 28.5 Å². The zero-order chi connectivity index (χ0) is 13.7. The number of benzene rings is 1. The van der Waals surface area contributed by atoms with Gasteiger partial charge in [0.05, 0.1) is 0 Å². The van der Waals surface area contributed by atoms with Crippen LogP contribution in [0.3, 0.4) is 0 Å². The van der Waals surface area contributed by atoms with Gasteiger partial charge in [0.15, 0.2) is 0 Å². The fourth-order valence-corrected chi connectivity index (χ4v) is 1.99. The molecule has 0 radical (unpaired) electrons. The molecule has 0 aliphatic heterocycles. The first-order chi connectivity index (χ1) is 9.26. The molecule has 5 nitrogen and oxygen atoms in total. The van der Waals surface area contributed by atoms with Crippen LogP contribution in [0.2, 0.25) is 0 Å². The minimum atomic E-state index is -0.0492. The molecule has 1 aromatic heterocycles.